The standard InChI is InChI=1S/C26H28O2/c1-25(2,3)17-11-12-18-19(15-17)20(22-9-7-13-27-22)16-21(26(4,5)6)24(18)23-10-8-14-28-23/h7-16H,1-6H3. The lowest BCUT2D eigenvalue weighted by atomic mass is 9.78. The molecule has 144 valence electrons. The van der Waals surface area contributed by atoms with Crippen LogP contribution in [0.1, 0.15) is 52.7 Å². The van der Waals surface area contributed by atoms with E-state index >= 15 is 0 Å². The lowest BCUT2D eigenvalue weighted by molar-refractivity contribution is 0.566. The molecule has 0 aliphatic carbocycles. The summed E-state index contributed by atoms with van der Waals surface area (Å²) in [5, 5.41) is 2.39. The summed E-state index contributed by atoms with van der Waals surface area (Å²) < 4.78 is 11.7. The van der Waals surface area contributed by atoms with Gasteiger partial charge in [0.2, 0.25) is 0 Å². The predicted octanol–water partition coefficient (Wildman–Crippen LogP) is 7.95. The number of hydrogen-bond donors (Lipinski definition) is 0. The van der Waals surface area contributed by atoms with Gasteiger partial charge in [-0.2, -0.15) is 0 Å². The van der Waals surface area contributed by atoms with E-state index < -0.39 is 0 Å². The number of furan rings is 2. The summed E-state index contributed by atoms with van der Waals surface area (Å²) in [5.41, 5.74) is 4.89. The van der Waals surface area contributed by atoms with E-state index in [1.165, 1.54) is 27.5 Å². The van der Waals surface area contributed by atoms with Crippen molar-refractivity contribution in [2.45, 2.75) is 52.4 Å². The van der Waals surface area contributed by atoms with Crippen LogP contribution in [0.4, 0.5) is 0 Å². The van der Waals surface area contributed by atoms with Crippen molar-refractivity contribution >= 4 is 10.8 Å². The summed E-state index contributed by atoms with van der Waals surface area (Å²) >= 11 is 0. The smallest absolute Gasteiger partial charge is 0.134 e. The Morgan fingerprint density at radius 1 is 0.643 bits per heavy atom. The Kier molecular flexibility index (Phi) is 4.26. The molecule has 2 aromatic carbocycles. The zero-order valence-electron chi connectivity index (χ0n) is 17.6. The SMILES string of the molecule is CC(C)(C)c1ccc2c(-c3ccco3)c(C(C)(C)C)cc(-c3ccco3)c2c1. The highest BCUT2D eigenvalue weighted by Gasteiger charge is 2.26. The molecule has 0 fully saturated rings. The van der Waals surface area contributed by atoms with Crippen LogP contribution in [-0.4, -0.2) is 0 Å². The van der Waals surface area contributed by atoms with E-state index in [0.29, 0.717) is 0 Å². The lowest BCUT2D eigenvalue weighted by Gasteiger charge is -2.26. The first kappa shape index (κ1) is 18.6. The molecule has 0 atom stereocenters. The molecule has 0 aliphatic heterocycles. The monoisotopic (exact) mass is 372 g/mol. The molecule has 2 aromatic heterocycles. The molecule has 4 rings (SSSR count). The fourth-order valence-corrected chi connectivity index (χ4v) is 3.80. The summed E-state index contributed by atoms with van der Waals surface area (Å²) in [6.45, 7) is 13.5. The molecule has 0 bridgehead atoms. The zero-order chi connectivity index (χ0) is 20.1. The van der Waals surface area contributed by atoms with Gasteiger partial charge in [-0.05, 0) is 69.1 Å². The van der Waals surface area contributed by atoms with E-state index in [4.69, 9.17) is 8.83 Å². The van der Waals surface area contributed by atoms with Gasteiger partial charge in [0.05, 0.1) is 12.5 Å². The summed E-state index contributed by atoms with van der Waals surface area (Å²) in [4.78, 5) is 0. The molecule has 0 saturated carbocycles. The third-order valence-corrected chi connectivity index (χ3v) is 5.37. The molecular weight excluding hydrogens is 344 g/mol. The number of benzene rings is 2. The van der Waals surface area contributed by atoms with E-state index in [0.717, 1.165) is 17.1 Å². The molecule has 0 spiro atoms. The second-order valence-electron chi connectivity index (χ2n) is 9.56. The number of fused-ring (bicyclic) bond motifs is 1. The van der Waals surface area contributed by atoms with Crippen molar-refractivity contribution in [3.05, 3.63) is 72.2 Å². The fraction of sp³-hybridized carbons (Fsp3) is 0.308. The maximum atomic E-state index is 5.87. The Morgan fingerprint density at radius 2 is 1.29 bits per heavy atom. The molecule has 28 heavy (non-hydrogen) atoms. The largest absolute Gasteiger partial charge is 0.464 e. The molecule has 0 saturated heterocycles. The van der Waals surface area contributed by atoms with E-state index in [9.17, 15) is 0 Å². The number of hydrogen-bond acceptors (Lipinski definition) is 2. The third kappa shape index (κ3) is 3.17. The molecule has 0 unspecified atom stereocenters. The molecule has 4 aromatic rings. The zero-order valence-corrected chi connectivity index (χ0v) is 17.6. The molecule has 2 heteroatoms. The van der Waals surface area contributed by atoms with Crippen LogP contribution in [0.25, 0.3) is 33.4 Å². The van der Waals surface area contributed by atoms with Crippen molar-refractivity contribution in [2.24, 2.45) is 0 Å². The highest BCUT2D eigenvalue weighted by molar-refractivity contribution is 6.05. The number of rotatable bonds is 2. The Balaban J connectivity index is 2.17. The lowest BCUT2D eigenvalue weighted by Crippen LogP contribution is -2.14. The summed E-state index contributed by atoms with van der Waals surface area (Å²) in [5.74, 6) is 1.80. The molecule has 0 N–H and O–H groups in total. The Labute approximate surface area is 167 Å². The average Bonchev–Trinajstić information content (AvgIpc) is 3.32. The predicted molar refractivity (Wildman–Crippen MR) is 117 cm³/mol. The van der Waals surface area contributed by atoms with Crippen molar-refractivity contribution in [3.8, 4) is 22.6 Å². The Bertz CT molecular complexity index is 1100. The third-order valence-electron chi connectivity index (χ3n) is 5.37. The van der Waals surface area contributed by atoms with Gasteiger partial charge in [-0.3, -0.25) is 0 Å². The van der Waals surface area contributed by atoms with E-state index in [1.807, 2.05) is 24.3 Å². The Morgan fingerprint density at radius 3 is 1.82 bits per heavy atom. The van der Waals surface area contributed by atoms with Crippen LogP contribution in [0.15, 0.2) is 69.9 Å². The minimum absolute atomic E-state index is 0.0413. The van der Waals surface area contributed by atoms with Gasteiger partial charge in [-0.25, -0.2) is 0 Å². The first-order valence-corrected chi connectivity index (χ1v) is 9.86. The van der Waals surface area contributed by atoms with Gasteiger partial charge in [0.25, 0.3) is 0 Å². The van der Waals surface area contributed by atoms with Gasteiger partial charge in [-0.1, -0.05) is 53.7 Å². The van der Waals surface area contributed by atoms with Gasteiger partial charge < -0.3 is 8.83 Å². The van der Waals surface area contributed by atoms with Gasteiger partial charge in [0.1, 0.15) is 11.5 Å². The minimum atomic E-state index is -0.0413. The first-order chi connectivity index (χ1) is 13.2. The summed E-state index contributed by atoms with van der Waals surface area (Å²) in [6, 6.07) is 17.1. The molecule has 2 heterocycles. The quantitative estimate of drug-likeness (QED) is 0.357. The molecular formula is C26H28O2. The van der Waals surface area contributed by atoms with Crippen LogP contribution in [0.5, 0.6) is 0 Å². The normalized spacial score (nSPS) is 12.6. The van der Waals surface area contributed by atoms with E-state index in [-0.39, 0.29) is 10.8 Å². The Hall–Kier alpha value is -2.74. The van der Waals surface area contributed by atoms with Crippen LogP contribution >= 0.6 is 0 Å². The van der Waals surface area contributed by atoms with Gasteiger partial charge in [-0.15, -0.1) is 0 Å². The van der Waals surface area contributed by atoms with E-state index in [2.05, 4.69) is 65.8 Å². The highest BCUT2D eigenvalue weighted by atomic mass is 16.3. The molecule has 0 radical (unpaired) electrons. The summed E-state index contributed by atoms with van der Waals surface area (Å²) in [6.07, 6.45) is 3.49. The average molecular weight is 373 g/mol. The second kappa shape index (κ2) is 6.41. The van der Waals surface area contributed by atoms with Crippen LogP contribution < -0.4 is 0 Å². The van der Waals surface area contributed by atoms with Crippen molar-refractivity contribution in [3.63, 3.8) is 0 Å². The second-order valence-corrected chi connectivity index (χ2v) is 9.56. The topological polar surface area (TPSA) is 26.3 Å². The molecule has 0 aliphatic rings. The molecule has 2 nitrogen and oxygen atoms in total. The van der Waals surface area contributed by atoms with Crippen molar-refractivity contribution < 1.29 is 8.83 Å². The van der Waals surface area contributed by atoms with Crippen molar-refractivity contribution in [2.75, 3.05) is 0 Å². The maximum absolute atomic E-state index is 5.87. The molecule has 0 amide bonds. The van der Waals surface area contributed by atoms with Gasteiger partial charge >= 0.3 is 0 Å². The van der Waals surface area contributed by atoms with Crippen LogP contribution in [0.3, 0.4) is 0 Å². The van der Waals surface area contributed by atoms with Gasteiger partial charge in [0.15, 0.2) is 0 Å². The maximum Gasteiger partial charge on any atom is 0.134 e. The highest BCUT2D eigenvalue weighted by Crippen LogP contribution is 2.44. The van der Waals surface area contributed by atoms with Crippen molar-refractivity contribution in [1.82, 2.24) is 0 Å². The minimum Gasteiger partial charge on any atom is -0.464 e. The van der Waals surface area contributed by atoms with Crippen LogP contribution in [0, 0.1) is 0 Å². The van der Waals surface area contributed by atoms with E-state index in [1.54, 1.807) is 12.5 Å². The van der Waals surface area contributed by atoms with Crippen LogP contribution in [0.2, 0.25) is 0 Å². The van der Waals surface area contributed by atoms with Gasteiger partial charge in [0, 0.05) is 11.1 Å². The fourth-order valence-electron chi connectivity index (χ4n) is 3.80. The first-order valence-electron chi connectivity index (χ1n) is 9.86. The summed E-state index contributed by atoms with van der Waals surface area (Å²) in [7, 11) is 0. The van der Waals surface area contributed by atoms with Crippen molar-refractivity contribution in [1.29, 1.82) is 0 Å². The van der Waals surface area contributed by atoms with Crippen LogP contribution in [-0.2, 0) is 10.8 Å².